The van der Waals surface area contributed by atoms with E-state index < -0.39 is 11.9 Å². The Morgan fingerprint density at radius 1 is 1.26 bits per heavy atom. The molecule has 1 unspecified atom stereocenters. The van der Waals surface area contributed by atoms with Gasteiger partial charge in [0.2, 0.25) is 0 Å². The number of halogens is 3. The molecule has 2 N–H and O–H groups in total. The van der Waals surface area contributed by atoms with E-state index in [9.17, 15) is 13.2 Å². The van der Waals surface area contributed by atoms with Gasteiger partial charge in [0.05, 0.1) is 0 Å². The van der Waals surface area contributed by atoms with Gasteiger partial charge in [-0.1, -0.05) is 0 Å². The molecule has 1 atom stereocenters. The van der Waals surface area contributed by atoms with Gasteiger partial charge in [-0.25, -0.2) is 0 Å². The lowest BCUT2D eigenvalue weighted by Crippen LogP contribution is -2.41. The zero-order chi connectivity index (χ0) is 13.9. The second-order valence-electron chi connectivity index (χ2n) is 4.69. The Labute approximate surface area is 109 Å². The SMILES string of the molecule is NCCC1CCCCN1c1ccc(C(F)(F)F)nn1. The van der Waals surface area contributed by atoms with Crippen molar-refractivity contribution in [1.29, 1.82) is 0 Å². The van der Waals surface area contributed by atoms with Crippen molar-refractivity contribution in [3.05, 3.63) is 17.8 Å². The number of alkyl halides is 3. The van der Waals surface area contributed by atoms with E-state index in [-0.39, 0.29) is 6.04 Å². The number of hydrogen-bond donors (Lipinski definition) is 1. The van der Waals surface area contributed by atoms with Crippen LogP contribution in [0.25, 0.3) is 0 Å². The van der Waals surface area contributed by atoms with E-state index >= 15 is 0 Å². The predicted molar refractivity (Wildman–Crippen MR) is 65.7 cm³/mol. The van der Waals surface area contributed by atoms with Crippen LogP contribution < -0.4 is 10.6 Å². The van der Waals surface area contributed by atoms with E-state index in [1.165, 1.54) is 6.07 Å². The van der Waals surface area contributed by atoms with Crippen molar-refractivity contribution >= 4 is 5.82 Å². The molecule has 1 aromatic heterocycles. The van der Waals surface area contributed by atoms with E-state index in [4.69, 9.17) is 5.73 Å². The maximum absolute atomic E-state index is 12.4. The van der Waals surface area contributed by atoms with Crippen molar-refractivity contribution in [2.45, 2.75) is 37.9 Å². The molecule has 1 aliphatic rings. The second kappa shape index (κ2) is 5.73. The molecule has 0 amide bonds. The van der Waals surface area contributed by atoms with Crippen molar-refractivity contribution in [2.75, 3.05) is 18.0 Å². The van der Waals surface area contributed by atoms with Crippen LogP contribution in [0.15, 0.2) is 12.1 Å². The number of aromatic nitrogens is 2. The molecule has 0 spiro atoms. The highest BCUT2D eigenvalue weighted by Crippen LogP contribution is 2.29. The summed E-state index contributed by atoms with van der Waals surface area (Å²) in [7, 11) is 0. The quantitative estimate of drug-likeness (QED) is 0.918. The zero-order valence-electron chi connectivity index (χ0n) is 10.5. The lowest BCUT2D eigenvalue weighted by atomic mass is 9.99. The maximum atomic E-state index is 12.4. The minimum absolute atomic E-state index is 0.254. The van der Waals surface area contributed by atoms with Crippen LogP contribution in [-0.4, -0.2) is 29.3 Å². The Morgan fingerprint density at radius 3 is 2.63 bits per heavy atom. The van der Waals surface area contributed by atoms with Crippen molar-refractivity contribution in [3.8, 4) is 0 Å². The van der Waals surface area contributed by atoms with Crippen LogP contribution in [0.3, 0.4) is 0 Å². The van der Waals surface area contributed by atoms with Crippen LogP contribution >= 0.6 is 0 Å². The van der Waals surface area contributed by atoms with Crippen molar-refractivity contribution in [2.24, 2.45) is 5.73 Å². The van der Waals surface area contributed by atoms with Crippen molar-refractivity contribution in [3.63, 3.8) is 0 Å². The highest BCUT2D eigenvalue weighted by Gasteiger charge is 2.33. The molecule has 7 heteroatoms. The summed E-state index contributed by atoms with van der Waals surface area (Å²) in [6, 6.07) is 2.63. The normalized spacial score (nSPS) is 20.6. The van der Waals surface area contributed by atoms with Gasteiger partial charge in [0.25, 0.3) is 0 Å². The number of piperidine rings is 1. The monoisotopic (exact) mass is 274 g/mol. The molecule has 106 valence electrons. The van der Waals surface area contributed by atoms with Crippen LogP contribution in [0.4, 0.5) is 19.0 Å². The molecule has 2 heterocycles. The first-order chi connectivity index (χ1) is 9.02. The van der Waals surface area contributed by atoms with Gasteiger partial charge in [-0.05, 0) is 44.4 Å². The summed E-state index contributed by atoms with van der Waals surface area (Å²) in [5.74, 6) is 0.506. The first-order valence-electron chi connectivity index (χ1n) is 6.40. The highest BCUT2D eigenvalue weighted by atomic mass is 19.4. The van der Waals surface area contributed by atoms with E-state index in [0.29, 0.717) is 12.4 Å². The lowest BCUT2D eigenvalue weighted by Gasteiger charge is -2.36. The van der Waals surface area contributed by atoms with Gasteiger partial charge >= 0.3 is 6.18 Å². The number of anilines is 1. The minimum Gasteiger partial charge on any atom is -0.352 e. The smallest absolute Gasteiger partial charge is 0.352 e. The van der Waals surface area contributed by atoms with Crippen molar-refractivity contribution in [1.82, 2.24) is 10.2 Å². The summed E-state index contributed by atoms with van der Waals surface area (Å²) in [5.41, 5.74) is 4.61. The molecule has 1 aromatic rings. The first-order valence-corrected chi connectivity index (χ1v) is 6.40. The molecular weight excluding hydrogens is 257 g/mol. The number of nitrogens with zero attached hydrogens (tertiary/aromatic N) is 3. The molecule has 1 aliphatic heterocycles. The van der Waals surface area contributed by atoms with Gasteiger partial charge in [-0.3, -0.25) is 0 Å². The van der Waals surface area contributed by atoms with Crippen molar-refractivity contribution < 1.29 is 13.2 Å². The van der Waals surface area contributed by atoms with Gasteiger partial charge in [0.1, 0.15) is 0 Å². The molecule has 0 aromatic carbocycles. The summed E-state index contributed by atoms with van der Waals surface area (Å²) in [6.45, 7) is 1.36. The first kappa shape index (κ1) is 14.0. The fourth-order valence-corrected chi connectivity index (χ4v) is 2.42. The average molecular weight is 274 g/mol. The Morgan fingerprint density at radius 2 is 2.05 bits per heavy atom. The number of rotatable bonds is 3. The molecular formula is C12H17F3N4. The van der Waals surface area contributed by atoms with E-state index in [1.54, 1.807) is 0 Å². The van der Waals surface area contributed by atoms with Crippen LogP contribution in [-0.2, 0) is 6.18 Å². The third-order valence-corrected chi connectivity index (χ3v) is 3.36. The van der Waals surface area contributed by atoms with Crippen LogP contribution in [0.2, 0.25) is 0 Å². The molecule has 0 aliphatic carbocycles. The highest BCUT2D eigenvalue weighted by molar-refractivity contribution is 5.39. The Kier molecular flexibility index (Phi) is 4.24. The standard InChI is InChI=1S/C12H17F3N4/c13-12(14,15)10-4-5-11(18-17-10)19-8-2-1-3-9(19)6-7-16/h4-5,9H,1-3,6-8,16H2. The minimum atomic E-state index is -4.44. The predicted octanol–water partition coefficient (Wildman–Crippen LogP) is 2.20. The van der Waals surface area contributed by atoms with Crippen LogP contribution in [0.5, 0.6) is 0 Å². The topological polar surface area (TPSA) is 55.0 Å². The van der Waals surface area contributed by atoms with Gasteiger partial charge in [-0.2, -0.15) is 13.2 Å². The summed E-state index contributed by atoms with van der Waals surface area (Å²) in [4.78, 5) is 2.02. The fourth-order valence-electron chi connectivity index (χ4n) is 2.42. The van der Waals surface area contributed by atoms with Crippen LogP contribution in [0, 0.1) is 0 Å². The molecule has 0 radical (unpaired) electrons. The lowest BCUT2D eigenvalue weighted by molar-refractivity contribution is -0.141. The summed E-state index contributed by atoms with van der Waals surface area (Å²) < 4.78 is 37.3. The van der Waals surface area contributed by atoms with Crippen LogP contribution in [0.1, 0.15) is 31.4 Å². The van der Waals surface area contributed by atoms with E-state index in [2.05, 4.69) is 10.2 Å². The Bertz CT molecular complexity index is 402. The molecule has 1 fully saturated rings. The Hall–Kier alpha value is -1.37. The molecule has 4 nitrogen and oxygen atoms in total. The molecule has 2 rings (SSSR count). The third kappa shape index (κ3) is 3.34. The van der Waals surface area contributed by atoms with Gasteiger partial charge in [0.15, 0.2) is 11.5 Å². The third-order valence-electron chi connectivity index (χ3n) is 3.36. The summed E-state index contributed by atoms with van der Waals surface area (Å²) in [5, 5.41) is 6.99. The molecule has 1 saturated heterocycles. The number of hydrogen-bond acceptors (Lipinski definition) is 4. The maximum Gasteiger partial charge on any atom is 0.435 e. The molecule has 0 bridgehead atoms. The fraction of sp³-hybridized carbons (Fsp3) is 0.667. The largest absolute Gasteiger partial charge is 0.435 e. The van der Waals surface area contributed by atoms with E-state index in [1.807, 2.05) is 4.90 Å². The Balaban J connectivity index is 2.15. The van der Waals surface area contributed by atoms with E-state index in [0.717, 1.165) is 38.3 Å². The van der Waals surface area contributed by atoms with Gasteiger partial charge in [-0.15, -0.1) is 10.2 Å². The van der Waals surface area contributed by atoms with Gasteiger partial charge < -0.3 is 10.6 Å². The second-order valence-corrected chi connectivity index (χ2v) is 4.69. The molecule has 19 heavy (non-hydrogen) atoms. The number of nitrogens with two attached hydrogens (primary N) is 1. The zero-order valence-corrected chi connectivity index (χ0v) is 10.5. The average Bonchev–Trinajstić information content (AvgIpc) is 2.39. The van der Waals surface area contributed by atoms with Gasteiger partial charge in [0, 0.05) is 12.6 Å². The summed E-state index contributed by atoms with van der Waals surface area (Å²) in [6.07, 6.45) is -0.480. The molecule has 0 saturated carbocycles. The summed E-state index contributed by atoms with van der Waals surface area (Å²) >= 11 is 0.